The largest absolute Gasteiger partial charge is 0.382 e. The molecule has 18 heavy (non-hydrogen) atoms. The summed E-state index contributed by atoms with van der Waals surface area (Å²) < 4.78 is 12.5. The third kappa shape index (κ3) is 6.79. The van der Waals surface area contributed by atoms with E-state index in [2.05, 4.69) is 35.3 Å². The van der Waals surface area contributed by atoms with Crippen molar-refractivity contribution in [1.82, 2.24) is 9.88 Å². The maximum Gasteiger partial charge on any atom is 0.0700 e. The standard InChI is InChI=1S/C14H26N2O2/c1-3-7-16-8-5-14(13-16)12-15-6-4-9-18-11-10-17-2/h5,8,13,15H,3-4,6-7,9-12H2,1-2H3. The van der Waals surface area contributed by atoms with E-state index in [-0.39, 0.29) is 0 Å². The Morgan fingerprint density at radius 3 is 2.94 bits per heavy atom. The van der Waals surface area contributed by atoms with Gasteiger partial charge in [-0.1, -0.05) is 6.92 Å². The number of hydrogen-bond acceptors (Lipinski definition) is 3. The molecule has 0 spiro atoms. The van der Waals surface area contributed by atoms with Crippen molar-refractivity contribution in [3.05, 3.63) is 24.0 Å². The van der Waals surface area contributed by atoms with Crippen molar-refractivity contribution in [2.45, 2.75) is 32.9 Å². The van der Waals surface area contributed by atoms with Crippen molar-refractivity contribution in [3.8, 4) is 0 Å². The Morgan fingerprint density at radius 1 is 1.28 bits per heavy atom. The average molecular weight is 254 g/mol. The lowest BCUT2D eigenvalue weighted by Gasteiger charge is -2.05. The second-order valence-corrected chi connectivity index (χ2v) is 4.39. The van der Waals surface area contributed by atoms with Crippen LogP contribution in [0.3, 0.4) is 0 Å². The summed E-state index contributed by atoms with van der Waals surface area (Å²) in [7, 11) is 1.69. The molecule has 0 aliphatic heterocycles. The number of aromatic nitrogens is 1. The van der Waals surface area contributed by atoms with Crippen molar-refractivity contribution in [3.63, 3.8) is 0 Å². The Balaban J connectivity index is 1.96. The minimum absolute atomic E-state index is 0.679. The summed E-state index contributed by atoms with van der Waals surface area (Å²) >= 11 is 0. The van der Waals surface area contributed by atoms with Crippen LogP contribution in [-0.2, 0) is 22.6 Å². The monoisotopic (exact) mass is 254 g/mol. The van der Waals surface area contributed by atoms with E-state index in [0.717, 1.165) is 32.7 Å². The second kappa shape index (κ2) is 10.1. The molecule has 4 nitrogen and oxygen atoms in total. The smallest absolute Gasteiger partial charge is 0.0700 e. The van der Waals surface area contributed by atoms with Crippen LogP contribution in [0.1, 0.15) is 25.3 Å². The van der Waals surface area contributed by atoms with Crippen molar-refractivity contribution < 1.29 is 9.47 Å². The minimum atomic E-state index is 0.679. The zero-order chi connectivity index (χ0) is 13.1. The van der Waals surface area contributed by atoms with Crippen LogP contribution in [0.5, 0.6) is 0 Å². The Bertz CT molecular complexity index is 300. The summed E-state index contributed by atoms with van der Waals surface area (Å²) in [5, 5.41) is 3.42. The molecule has 4 heteroatoms. The van der Waals surface area contributed by atoms with Crippen molar-refractivity contribution >= 4 is 0 Å². The lowest BCUT2D eigenvalue weighted by Crippen LogP contribution is -2.16. The third-order valence-electron chi connectivity index (χ3n) is 2.70. The van der Waals surface area contributed by atoms with E-state index < -0.39 is 0 Å². The van der Waals surface area contributed by atoms with E-state index in [4.69, 9.17) is 9.47 Å². The van der Waals surface area contributed by atoms with E-state index in [1.54, 1.807) is 7.11 Å². The Morgan fingerprint density at radius 2 is 2.17 bits per heavy atom. The predicted molar refractivity (Wildman–Crippen MR) is 73.7 cm³/mol. The van der Waals surface area contributed by atoms with Crippen LogP contribution in [0.2, 0.25) is 0 Å². The third-order valence-corrected chi connectivity index (χ3v) is 2.70. The molecule has 1 heterocycles. The van der Waals surface area contributed by atoms with Gasteiger partial charge in [-0.05, 0) is 31.0 Å². The van der Waals surface area contributed by atoms with Crippen LogP contribution >= 0.6 is 0 Å². The fraction of sp³-hybridized carbons (Fsp3) is 0.714. The van der Waals surface area contributed by atoms with Crippen LogP contribution in [0.25, 0.3) is 0 Å². The number of aryl methyl sites for hydroxylation is 1. The highest BCUT2D eigenvalue weighted by Crippen LogP contribution is 2.01. The summed E-state index contributed by atoms with van der Waals surface area (Å²) in [4.78, 5) is 0. The van der Waals surface area contributed by atoms with Gasteiger partial charge >= 0.3 is 0 Å². The number of rotatable bonds is 11. The molecule has 0 saturated carbocycles. The molecular formula is C14H26N2O2. The Kier molecular flexibility index (Phi) is 8.55. The highest BCUT2D eigenvalue weighted by atomic mass is 16.5. The molecule has 1 aromatic heterocycles. The first-order valence-corrected chi connectivity index (χ1v) is 6.79. The average Bonchev–Trinajstić information content (AvgIpc) is 2.81. The van der Waals surface area contributed by atoms with E-state index >= 15 is 0 Å². The predicted octanol–water partition coefficient (Wildman–Crippen LogP) is 2.04. The van der Waals surface area contributed by atoms with Gasteiger partial charge in [-0.2, -0.15) is 0 Å². The van der Waals surface area contributed by atoms with Gasteiger partial charge in [0.1, 0.15) is 0 Å². The number of ether oxygens (including phenoxy) is 2. The maximum absolute atomic E-state index is 5.39. The molecule has 1 N–H and O–H groups in total. The van der Waals surface area contributed by atoms with Crippen molar-refractivity contribution in [2.24, 2.45) is 0 Å². The molecule has 0 aromatic carbocycles. The molecule has 0 atom stereocenters. The van der Waals surface area contributed by atoms with Crippen LogP contribution < -0.4 is 5.32 Å². The zero-order valence-electron chi connectivity index (χ0n) is 11.7. The fourth-order valence-corrected chi connectivity index (χ4v) is 1.77. The van der Waals surface area contributed by atoms with Gasteiger partial charge in [0, 0.05) is 39.2 Å². The summed E-state index contributed by atoms with van der Waals surface area (Å²) in [5.41, 5.74) is 1.35. The van der Waals surface area contributed by atoms with Crippen LogP contribution in [-0.4, -0.2) is 38.0 Å². The van der Waals surface area contributed by atoms with Gasteiger partial charge in [-0.3, -0.25) is 0 Å². The van der Waals surface area contributed by atoms with E-state index in [1.807, 2.05) is 0 Å². The quantitative estimate of drug-likeness (QED) is 0.614. The first kappa shape index (κ1) is 15.2. The van der Waals surface area contributed by atoms with Gasteiger partial charge in [0.25, 0.3) is 0 Å². The van der Waals surface area contributed by atoms with Gasteiger partial charge in [0.15, 0.2) is 0 Å². The summed E-state index contributed by atoms with van der Waals surface area (Å²) in [6, 6.07) is 2.18. The van der Waals surface area contributed by atoms with E-state index in [1.165, 1.54) is 12.0 Å². The number of nitrogens with one attached hydrogen (secondary N) is 1. The molecule has 104 valence electrons. The molecule has 0 aliphatic rings. The first-order chi connectivity index (χ1) is 8.86. The normalized spacial score (nSPS) is 11.0. The molecule has 0 bridgehead atoms. The topological polar surface area (TPSA) is 35.4 Å². The SMILES string of the molecule is CCCn1ccc(CNCCCOCCOC)c1. The maximum atomic E-state index is 5.39. The van der Waals surface area contributed by atoms with E-state index in [0.29, 0.717) is 13.2 Å². The number of hydrogen-bond donors (Lipinski definition) is 1. The van der Waals surface area contributed by atoms with Crippen molar-refractivity contribution in [2.75, 3.05) is 33.5 Å². The highest BCUT2D eigenvalue weighted by Gasteiger charge is 1.96. The molecule has 0 fully saturated rings. The van der Waals surface area contributed by atoms with Crippen LogP contribution in [0.15, 0.2) is 18.5 Å². The molecule has 0 radical (unpaired) electrons. The van der Waals surface area contributed by atoms with Gasteiger partial charge in [-0.15, -0.1) is 0 Å². The Hall–Kier alpha value is -0.840. The molecule has 1 aromatic rings. The van der Waals surface area contributed by atoms with Crippen LogP contribution in [0, 0.1) is 0 Å². The molecule has 0 amide bonds. The molecule has 0 unspecified atom stereocenters. The van der Waals surface area contributed by atoms with Crippen LogP contribution in [0.4, 0.5) is 0 Å². The minimum Gasteiger partial charge on any atom is -0.382 e. The van der Waals surface area contributed by atoms with Gasteiger partial charge < -0.3 is 19.4 Å². The molecule has 0 saturated heterocycles. The van der Waals surface area contributed by atoms with Crippen molar-refractivity contribution in [1.29, 1.82) is 0 Å². The lowest BCUT2D eigenvalue weighted by atomic mass is 10.3. The second-order valence-electron chi connectivity index (χ2n) is 4.39. The summed E-state index contributed by atoms with van der Waals surface area (Å²) in [5.74, 6) is 0. The first-order valence-electron chi connectivity index (χ1n) is 6.79. The highest BCUT2D eigenvalue weighted by molar-refractivity contribution is 5.09. The zero-order valence-corrected chi connectivity index (χ0v) is 11.7. The molecule has 1 rings (SSSR count). The van der Waals surface area contributed by atoms with Gasteiger partial charge in [-0.25, -0.2) is 0 Å². The fourth-order valence-electron chi connectivity index (χ4n) is 1.77. The molecule has 0 aliphatic carbocycles. The van der Waals surface area contributed by atoms with Gasteiger partial charge in [0.05, 0.1) is 13.2 Å². The summed E-state index contributed by atoms with van der Waals surface area (Å²) in [6.07, 6.45) is 6.58. The Labute approximate surface area is 110 Å². The number of nitrogens with zero attached hydrogens (tertiary/aromatic N) is 1. The molecular weight excluding hydrogens is 228 g/mol. The lowest BCUT2D eigenvalue weighted by molar-refractivity contribution is 0.0695. The summed E-state index contributed by atoms with van der Waals surface area (Å²) in [6.45, 7) is 7.40. The van der Waals surface area contributed by atoms with Gasteiger partial charge in [0.2, 0.25) is 0 Å². The van der Waals surface area contributed by atoms with E-state index in [9.17, 15) is 0 Å². The number of methoxy groups -OCH3 is 1.